The molecule has 4 aromatic carbocycles. The minimum absolute atomic E-state index is 0.00130. The normalized spacial score (nSPS) is 12.6. The summed E-state index contributed by atoms with van der Waals surface area (Å²) >= 11 is 1.40. The second-order valence-electron chi connectivity index (χ2n) is 7.18. The van der Waals surface area contributed by atoms with Gasteiger partial charge in [0.2, 0.25) is 0 Å². The third-order valence-corrected chi connectivity index (χ3v) is 6.59. The Morgan fingerprint density at radius 1 is 0.452 bits per heavy atom. The summed E-state index contributed by atoms with van der Waals surface area (Å²) in [4.78, 5) is 27.1. The monoisotopic (exact) mass is 422 g/mol. The molecule has 3 heteroatoms. The number of rotatable bonds is 8. The Labute approximate surface area is 187 Å². The van der Waals surface area contributed by atoms with Crippen molar-refractivity contribution < 1.29 is 9.59 Å². The van der Waals surface area contributed by atoms with Gasteiger partial charge in [0.15, 0.2) is 11.6 Å². The zero-order chi connectivity index (χ0) is 21.5. The molecule has 2 nitrogen and oxygen atoms in total. The number of hydrogen-bond donors (Lipinski definition) is 0. The first-order valence-corrected chi connectivity index (χ1v) is 11.1. The first-order valence-electron chi connectivity index (χ1n) is 10.2. The lowest BCUT2D eigenvalue weighted by Crippen LogP contribution is -2.16. The second-order valence-corrected chi connectivity index (χ2v) is 8.39. The number of hydrogen-bond acceptors (Lipinski definition) is 3. The standard InChI is InChI=1S/C28H22O2S/c29-25(21-13-5-1-6-14-21)27(23-17-9-3-10-18-23)31-28(24-19-11-4-12-20-24)26(30)22-15-7-2-8-16-22/h1-20,27-28H. The first kappa shape index (κ1) is 20.8. The molecule has 2 unspecified atom stereocenters. The highest BCUT2D eigenvalue weighted by Crippen LogP contribution is 2.44. The molecule has 0 aliphatic heterocycles. The summed E-state index contributed by atoms with van der Waals surface area (Å²) in [6.07, 6.45) is 0. The molecule has 0 amide bonds. The van der Waals surface area contributed by atoms with E-state index < -0.39 is 10.5 Å². The molecule has 0 aromatic heterocycles. The predicted octanol–water partition coefficient (Wildman–Crippen LogP) is 6.97. The summed E-state index contributed by atoms with van der Waals surface area (Å²) in [7, 11) is 0. The highest BCUT2D eigenvalue weighted by molar-refractivity contribution is 8.01. The second kappa shape index (κ2) is 10.1. The van der Waals surface area contributed by atoms with Crippen molar-refractivity contribution in [1.29, 1.82) is 0 Å². The number of carbonyl (C=O) groups is 2. The summed E-state index contributed by atoms with van der Waals surface area (Å²) in [5, 5.41) is -0.997. The average molecular weight is 423 g/mol. The lowest BCUT2D eigenvalue weighted by molar-refractivity contribution is 0.0988. The Morgan fingerprint density at radius 2 is 0.742 bits per heavy atom. The van der Waals surface area contributed by atoms with E-state index in [0.717, 1.165) is 11.1 Å². The molecule has 0 aliphatic rings. The van der Waals surface area contributed by atoms with E-state index in [9.17, 15) is 9.59 Å². The van der Waals surface area contributed by atoms with E-state index in [-0.39, 0.29) is 11.6 Å². The number of Topliss-reactive ketones (excluding diaryl/α,β-unsaturated/α-hetero) is 2. The van der Waals surface area contributed by atoms with E-state index in [1.165, 1.54) is 11.8 Å². The fourth-order valence-electron chi connectivity index (χ4n) is 3.48. The Bertz CT molecular complexity index is 1030. The topological polar surface area (TPSA) is 34.1 Å². The number of carbonyl (C=O) groups excluding carboxylic acids is 2. The molecule has 0 bridgehead atoms. The summed E-state index contributed by atoms with van der Waals surface area (Å²) in [5.74, 6) is -0.00261. The van der Waals surface area contributed by atoms with Gasteiger partial charge in [0.25, 0.3) is 0 Å². The molecule has 4 rings (SSSR count). The Kier molecular flexibility index (Phi) is 6.75. The quantitative estimate of drug-likeness (QED) is 0.288. The van der Waals surface area contributed by atoms with Gasteiger partial charge in [-0.15, -0.1) is 11.8 Å². The minimum Gasteiger partial charge on any atom is -0.293 e. The van der Waals surface area contributed by atoms with E-state index >= 15 is 0 Å². The summed E-state index contributed by atoms with van der Waals surface area (Å²) in [5.41, 5.74) is 3.07. The summed E-state index contributed by atoms with van der Waals surface area (Å²) in [6.45, 7) is 0. The van der Waals surface area contributed by atoms with Crippen molar-refractivity contribution in [1.82, 2.24) is 0 Å². The van der Waals surface area contributed by atoms with Crippen LogP contribution in [0.2, 0.25) is 0 Å². The molecular formula is C28H22O2S. The summed E-state index contributed by atoms with van der Waals surface area (Å²) < 4.78 is 0. The Balaban J connectivity index is 1.75. The van der Waals surface area contributed by atoms with Gasteiger partial charge in [-0.2, -0.15) is 0 Å². The van der Waals surface area contributed by atoms with Gasteiger partial charge in [0, 0.05) is 11.1 Å². The fourth-order valence-corrected chi connectivity index (χ4v) is 4.90. The Hall–Kier alpha value is -3.43. The van der Waals surface area contributed by atoms with Gasteiger partial charge < -0.3 is 0 Å². The maximum atomic E-state index is 13.5. The molecule has 31 heavy (non-hydrogen) atoms. The molecular weight excluding hydrogens is 400 g/mol. The van der Waals surface area contributed by atoms with Crippen molar-refractivity contribution in [3.63, 3.8) is 0 Å². The molecule has 0 N–H and O–H groups in total. The smallest absolute Gasteiger partial charge is 0.180 e. The minimum atomic E-state index is -0.499. The van der Waals surface area contributed by atoms with Crippen LogP contribution in [0.15, 0.2) is 121 Å². The van der Waals surface area contributed by atoms with E-state index in [4.69, 9.17) is 0 Å². The van der Waals surface area contributed by atoms with Crippen LogP contribution in [0.3, 0.4) is 0 Å². The van der Waals surface area contributed by atoms with E-state index in [2.05, 4.69) is 0 Å². The van der Waals surface area contributed by atoms with E-state index in [0.29, 0.717) is 11.1 Å². The van der Waals surface area contributed by atoms with Crippen LogP contribution in [0.25, 0.3) is 0 Å². The third kappa shape index (κ3) is 5.01. The molecule has 0 aliphatic carbocycles. The molecule has 0 spiro atoms. The van der Waals surface area contributed by atoms with Gasteiger partial charge in [0.1, 0.15) is 0 Å². The van der Waals surface area contributed by atoms with Crippen LogP contribution in [0.1, 0.15) is 42.3 Å². The van der Waals surface area contributed by atoms with Crippen LogP contribution in [-0.4, -0.2) is 11.6 Å². The van der Waals surface area contributed by atoms with Crippen molar-refractivity contribution in [3.05, 3.63) is 144 Å². The Morgan fingerprint density at radius 3 is 1.06 bits per heavy atom. The van der Waals surface area contributed by atoms with Gasteiger partial charge in [-0.3, -0.25) is 9.59 Å². The maximum Gasteiger partial charge on any atom is 0.180 e. The predicted molar refractivity (Wildman–Crippen MR) is 128 cm³/mol. The van der Waals surface area contributed by atoms with Crippen molar-refractivity contribution in [2.75, 3.05) is 0 Å². The number of thioether (sulfide) groups is 1. The highest BCUT2D eigenvalue weighted by atomic mass is 32.2. The lowest BCUT2D eigenvalue weighted by atomic mass is 10.0. The third-order valence-electron chi connectivity index (χ3n) is 5.07. The van der Waals surface area contributed by atoms with Crippen LogP contribution in [-0.2, 0) is 0 Å². The molecule has 0 saturated heterocycles. The van der Waals surface area contributed by atoms with Crippen LogP contribution in [0, 0.1) is 0 Å². The van der Waals surface area contributed by atoms with Gasteiger partial charge in [-0.05, 0) is 11.1 Å². The van der Waals surface area contributed by atoms with Gasteiger partial charge in [-0.25, -0.2) is 0 Å². The molecule has 0 saturated carbocycles. The van der Waals surface area contributed by atoms with Gasteiger partial charge >= 0.3 is 0 Å². The van der Waals surface area contributed by atoms with Gasteiger partial charge in [-0.1, -0.05) is 121 Å². The van der Waals surface area contributed by atoms with Crippen LogP contribution in [0.5, 0.6) is 0 Å². The average Bonchev–Trinajstić information content (AvgIpc) is 2.86. The van der Waals surface area contributed by atoms with Gasteiger partial charge in [0.05, 0.1) is 10.5 Å². The molecule has 4 aromatic rings. The highest BCUT2D eigenvalue weighted by Gasteiger charge is 2.31. The van der Waals surface area contributed by atoms with Crippen molar-refractivity contribution >= 4 is 23.3 Å². The van der Waals surface area contributed by atoms with Crippen LogP contribution < -0.4 is 0 Å². The fraction of sp³-hybridized carbons (Fsp3) is 0.0714. The number of ketones is 2. The molecule has 152 valence electrons. The zero-order valence-corrected chi connectivity index (χ0v) is 17.7. The van der Waals surface area contributed by atoms with Crippen molar-refractivity contribution in [2.45, 2.75) is 10.5 Å². The largest absolute Gasteiger partial charge is 0.293 e. The zero-order valence-electron chi connectivity index (χ0n) is 16.9. The molecule has 0 fully saturated rings. The van der Waals surface area contributed by atoms with Crippen molar-refractivity contribution in [2.24, 2.45) is 0 Å². The van der Waals surface area contributed by atoms with E-state index in [1.54, 1.807) is 0 Å². The molecule has 0 radical (unpaired) electrons. The summed E-state index contributed by atoms with van der Waals surface area (Å²) in [6, 6.07) is 38.0. The maximum absolute atomic E-state index is 13.5. The molecule has 0 heterocycles. The number of benzene rings is 4. The SMILES string of the molecule is O=C(c1ccccc1)C(SC(C(=O)c1ccccc1)c1ccccc1)c1ccccc1. The first-order chi connectivity index (χ1) is 15.2. The van der Waals surface area contributed by atoms with Crippen LogP contribution >= 0.6 is 11.8 Å². The lowest BCUT2D eigenvalue weighted by Gasteiger charge is -2.23. The molecule has 2 atom stereocenters. The van der Waals surface area contributed by atoms with E-state index in [1.807, 2.05) is 121 Å². The van der Waals surface area contributed by atoms with Crippen LogP contribution in [0.4, 0.5) is 0 Å². The van der Waals surface area contributed by atoms with Crippen molar-refractivity contribution in [3.8, 4) is 0 Å².